The number of hydrogen-bond donors (Lipinski definition) is 0. The van der Waals surface area contributed by atoms with Crippen LogP contribution >= 0.6 is 0 Å². The van der Waals surface area contributed by atoms with Gasteiger partial charge in [0.1, 0.15) is 12.2 Å². The van der Waals surface area contributed by atoms with Crippen LogP contribution in [0.25, 0.3) is 6.08 Å². The third-order valence-corrected chi connectivity index (χ3v) is 6.09. The fourth-order valence-corrected chi connectivity index (χ4v) is 4.24. The van der Waals surface area contributed by atoms with E-state index in [9.17, 15) is 14.4 Å². The second-order valence-electron chi connectivity index (χ2n) is 8.71. The van der Waals surface area contributed by atoms with Crippen LogP contribution in [-0.4, -0.2) is 24.5 Å². The number of carbonyl (C=O) groups excluding carboxylic acids is 3. The van der Waals surface area contributed by atoms with Gasteiger partial charge in [-0.3, -0.25) is 9.59 Å². The Balaban J connectivity index is 1.52. The first kappa shape index (κ1) is 25.5. The molecular weight excluding hydrogens is 492 g/mol. The quantitative estimate of drug-likeness (QED) is 0.204. The van der Waals surface area contributed by atoms with Crippen molar-refractivity contribution in [2.75, 3.05) is 16.4 Å². The molecule has 1 heterocycles. The monoisotopic (exact) mass is 518 g/mol. The van der Waals surface area contributed by atoms with E-state index in [1.807, 2.05) is 37.3 Å². The molecule has 0 atom stereocenters. The molecule has 0 aromatic heterocycles. The van der Waals surface area contributed by atoms with Gasteiger partial charge in [0.2, 0.25) is 0 Å². The molecule has 1 aliphatic rings. The summed E-state index contributed by atoms with van der Waals surface area (Å²) in [5.74, 6) is -0.387. The van der Waals surface area contributed by atoms with Crippen molar-refractivity contribution in [1.82, 2.24) is 0 Å². The summed E-state index contributed by atoms with van der Waals surface area (Å²) in [6.45, 7) is 2.62. The van der Waals surface area contributed by atoms with Gasteiger partial charge in [-0.15, -0.1) is 0 Å². The third-order valence-electron chi connectivity index (χ3n) is 6.09. The van der Waals surface area contributed by atoms with E-state index in [4.69, 9.17) is 9.47 Å². The van der Waals surface area contributed by atoms with E-state index in [0.29, 0.717) is 41.7 Å². The summed E-state index contributed by atoms with van der Waals surface area (Å²) in [5, 5.41) is 0. The van der Waals surface area contributed by atoms with Crippen LogP contribution in [0.1, 0.15) is 18.1 Å². The second-order valence-corrected chi connectivity index (χ2v) is 8.71. The summed E-state index contributed by atoms with van der Waals surface area (Å²) in [6, 6.07) is 31.3. The van der Waals surface area contributed by atoms with E-state index in [-0.39, 0.29) is 5.57 Å². The summed E-state index contributed by atoms with van der Waals surface area (Å²) in [5.41, 5.74) is 2.15. The molecule has 39 heavy (non-hydrogen) atoms. The number of carbonyl (C=O) groups is 3. The summed E-state index contributed by atoms with van der Waals surface area (Å²) in [6.07, 6.45) is 1.48. The zero-order valence-corrected chi connectivity index (χ0v) is 21.3. The van der Waals surface area contributed by atoms with Crippen LogP contribution < -0.4 is 19.3 Å². The molecule has 4 aromatic carbocycles. The smallest absolute Gasteiger partial charge is 0.343 e. The summed E-state index contributed by atoms with van der Waals surface area (Å²) < 4.78 is 11.8. The number of para-hydroxylation sites is 2. The highest BCUT2D eigenvalue weighted by Gasteiger charge is 2.43. The fraction of sp³-hybridized carbons (Fsp3) is 0.0938. The van der Waals surface area contributed by atoms with Gasteiger partial charge in [0.15, 0.2) is 11.5 Å². The summed E-state index contributed by atoms with van der Waals surface area (Å²) >= 11 is 0. The lowest BCUT2D eigenvalue weighted by atomic mass is 10.0. The highest BCUT2D eigenvalue weighted by atomic mass is 16.5. The first-order chi connectivity index (χ1) is 19.1. The SMILES string of the molecule is CCOc1cc(C=C2C(=O)N(c3ccccc3)C(=O)N(c3ccccc3)C2=O)ccc1OCc1ccccc1. The van der Waals surface area contributed by atoms with Crippen molar-refractivity contribution in [3.8, 4) is 11.5 Å². The topological polar surface area (TPSA) is 76.2 Å². The Morgan fingerprint density at radius 2 is 1.18 bits per heavy atom. The van der Waals surface area contributed by atoms with Crippen molar-refractivity contribution >= 4 is 35.3 Å². The molecule has 0 aliphatic carbocycles. The number of rotatable bonds is 8. The zero-order valence-electron chi connectivity index (χ0n) is 21.3. The molecule has 0 N–H and O–H groups in total. The molecule has 0 radical (unpaired) electrons. The minimum Gasteiger partial charge on any atom is -0.490 e. The molecule has 0 unspecified atom stereocenters. The molecule has 1 saturated heterocycles. The Labute approximate surface area is 226 Å². The minimum atomic E-state index is -0.737. The van der Waals surface area contributed by atoms with Gasteiger partial charge in [-0.25, -0.2) is 14.6 Å². The van der Waals surface area contributed by atoms with E-state index in [1.165, 1.54) is 6.08 Å². The van der Waals surface area contributed by atoms with Crippen LogP contribution in [0.3, 0.4) is 0 Å². The third kappa shape index (κ3) is 5.43. The van der Waals surface area contributed by atoms with Crippen LogP contribution in [0.4, 0.5) is 16.2 Å². The van der Waals surface area contributed by atoms with E-state index in [0.717, 1.165) is 15.4 Å². The maximum absolute atomic E-state index is 13.6. The van der Waals surface area contributed by atoms with Gasteiger partial charge in [-0.05, 0) is 60.5 Å². The Morgan fingerprint density at radius 1 is 0.641 bits per heavy atom. The second kappa shape index (κ2) is 11.5. The van der Waals surface area contributed by atoms with Gasteiger partial charge in [-0.2, -0.15) is 0 Å². The lowest BCUT2D eigenvalue weighted by Gasteiger charge is -2.33. The molecule has 1 fully saturated rings. The van der Waals surface area contributed by atoms with Crippen molar-refractivity contribution in [3.63, 3.8) is 0 Å². The van der Waals surface area contributed by atoms with E-state index in [2.05, 4.69) is 0 Å². The van der Waals surface area contributed by atoms with E-state index < -0.39 is 17.8 Å². The molecule has 194 valence electrons. The van der Waals surface area contributed by atoms with Gasteiger partial charge in [0.25, 0.3) is 11.8 Å². The zero-order chi connectivity index (χ0) is 27.2. The molecule has 0 saturated carbocycles. The maximum atomic E-state index is 13.6. The van der Waals surface area contributed by atoms with Gasteiger partial charge in [-0.1, -0.05) is 72.8 Å². The molecule has 4 amide bonds. The van der Waals surface area contributed by atoms with Crippen molar-refractivity contribution in [3.05, 3.63) is 126 Å². The number of urea groups is 1. The van der Waals surface area contributed by atoms with Crippen molar-refractivity contribution in [2.24, 2.45) is 0 Å². The first-order valence-electron chi connectivity index (χ1n) is 12.5. The highest BCUT2D eigenvalue weighted by molar-refractivity contribution is 6.46. The van der Waals surface area contributed by atoms with Crippen molar-refractivity contribution in [1.29, 1.82) is 0 Å². The largest absolute Gasteiger partial charge is 0.490 e. The van der Waals surface area contributed by atoms with Crippen LogP contribution in [0.15, 0.2) is 115 Å². The van der Waals surface area contributed by atoms with E-state index in [1.54, 1.807) is 78.9 Å². The van der Waals surface area contributed by atoms with Gasteiger partial charge in [0.05, 0.1) is 18.0 Å². The number of hydrogen-bond acceptors (Lipinski definition) is 5. The number of ether oxygens (including phenoxy) is 2. The number of amides is 4. The molecule has 7 nitrogen and oxygen atoms in total. The predicted molar refractivity (Wildman–Crippen MR) is 150 cm³/mol. The lowest BCUT2D eigenvalue weighted by Crippen LogP contribution is -2.57. The highest BCUT2D eigenvalue weighted by Crippen LogP contribution is 2.33. The number of imide groups is 2. The first-order valence-corrected chi connectivity index (χ1v) is 12.5. The maximum Gasteiger partial charge on any atom is 0.343 e. The van der Waals surface area contributed by atoms with E-state index >= 15 is 0 Å². The normalized spacial score (nSPS) is 13.5. The fourth-order valence-electron chi connectivity index (χ4n) is 4.24. The van der Waals surface area contributed by atoms with Gasteiger partial charge >= 0.3 is 6.03 Å². The number of anilines is 2. The van der Waals surface area contributed by atoms with Crippen LogP contribution in [-0.2, 0) is 16.2 Å². The van der Waals surface area contributed by atoms with Crippen LogP contribution in [0, 0.1) is 0 Å². The molecule has 1 aliphatic heterocycles. The Kier molecular flexibility index (Phi) is 7.50. The Hall–Kier alpha value is -5.17. The van der Waals surface area contributed by atoms with Crippen LogP contribution in [0.5, 0.6) is 11.5 Å². The van der Waals surface area contributed by atoms with Crippen LogP contribution in [0.2, 0.25) is 0 Å². The van der Waals surface area contributed by atoms with Gasteiger partial charge in [0, 0.05) is 0 Å². The lowest BCUT2D eigenvalue weighted by molar-refractivity contribution is -0.121. The molecule has 4 aromatic rings. The molecule has 0 spiro atoms. The molecule has 5 rings (SSSR count). The average molecular weight is 519 g/mol. The Bertz CT molecular complexity index is 1450. The predicted octanol–water partition coefficient (Wildman–Crippen LogP) is 6.25. The number of nitrogens with zero attached hydrogens (tertiary/aromatic N) is 2. The number of benzene rings is 4. The molecule has 7 heteroatoms. The van der Waals surface area contributed by atoms with Gasteiger partial charge < -0.3 is 9.47 Å². The average Bonchev–Trinajstić information content (AvgIpc) is 2.97. The minimum absolute atomic E-state index is 0.150. The van der Waals surface area contributed by atoms with Crippen molar-refractivity contribution < 1.29 is 23.9 Å². The Morgan fingerprint density at radius 3 is 1.72 bits per heavy atom. The molecule has 0 bridgehead atoms. The summed E-state index contributed by atoms with van der Waals surface area (Å²) in [4.78, 5) is 42.7. The standard InChI is InChI=1S/C32H26N2O5/c1-2-38-29-21-24(18-19-28(29)39-22-23-12-6-3-7-13-23)20-27-30(35)33(25-14-8-4-9-15-25)32(37)34(31(27)36)26-16-10-5-11-17-26/h3-21H,2,22H2,1H3. The molecular formula is C32H26N2O5. The summed E-state index contributed by atoms with van der Waals surface area (Å²) in [7, 11) is 0. The number of barbiturate groups is 1. The van der Waals surface area contributed by atoms with Crippen molar-refractivity contribution in [2.45, 2.75) is 13.5 Å².